The fourth-order valence-corrected chi connectivity index (χ4v) is 2.44. The molecule has 0 spiro atoms. The van der Waals surface area contributed by atoms with Gasteiger partial charge < -0.3 is 14.8 Å². The Balaban J connectivity index is 1.94. The Hall–Kier alpha value is -1.83. The second-order valence-corrected chi connectivity index (χ2v) is 5.44. The smallest absolute Gasteiger partial charge is 0.433 e. The largest absolute Gasteiger partial charge is 0.494 e. The highest BCUT2D eigenvalue weighted by Crippen LogP contribution is 2.33. The SMILES string of the molecule is COc1cc(C(F)(F)F)ncc1NC(=O)CC[C@H]1CCCOC1. The number of aromatic nitrogens is 1. The predicted octanol–water partition coefficient (Wildman–Crippen LogP) is 3.25. The monoisotopic (exact) mass is 332 g/mol. The van der Waals surface area contributed by atoms with E-state index in [1.807, 2.05) is 0 Å². The Kier molecular flexibility index (Phi) is 5.81. The van der Waals surface area contributed by atoms with E-state index in [1.54, 1.807) is 0 Å². The van der Waals surface area contributed by atoms with Gasteiger partial charge in [-0.1, -0.05) is 0 Å². The van der Waals surface area contributed by atoms with Crippen LogP contribution in [0.4, 0.5) is 18.9 Å². The van der Waals surface area contributed by atoms with Gasteiger partial charge in [-0.05, 0) is 25.2 Å². The van der Waals surface area contributed by atoms with Crippen molar-refractivity contribution in [3.8, 4) is 5.75 Å². The van der Waals surface area contributed by atoms with Crippen LogP contribution in [0.3, 0.4) is 0 Å². The lowest BCUT2D eigenvalue weighted by molar-refractivity contribution is -0.141. The molecule has 1 saturated heterocycles. The topological polar surface area (TPSA) is 60.5 Å². The van der Waals surface area contributed by atoms with E-state index in [-0.39, 0.29) is 23.8 Å². The number of halogens is 3. The van der Waals surface area contributed by atoms with Crippen molar-refractivity contribution in [3.05, 3.63) is 18.0 Å². The molecular formula is C15H19F3N2O3. The molecule has 1 aromatic rings. The molecule has 1 amide bonds. The minimum absolute atomic E-state index is 0.0679. The summed E-state index contributed by atoms with van der Waals surface area (Å²) < 4.78 is 48.1. The van der Waals surface area contributed by atoms with Gasteiger partial charge in [0, 0.05) is 25.7 Å². The Bertz CT molecular complexity index is 543. The van der Waals surface area contributed by atoms with Gasteiger partial charge in [0.15, 0.2) is 0 Å². The quantitative estimate of drug-likeness (QED) is 0.899. The van der Waals surface area contributed by atoms with E-state index in [0.717, 1.165) is 31.7 Å². The van der Waals surface area contributed by atoms with Crippen molar-refractivity contribution in [2.75, 3.05) is 25.6 Å². The second-order valence-electron chi connectivity index (χ2n) is 5.44. The number of carbonyl (C=O) groups is 1. The van der Waals surface area contributed by atoms with Crippen LogP contribution < -0.4 is 10.1 Å². The molecular weight excluding hydrogens is 313 g/mol. The summed E-state index contributed by atoms with van der Waals surface area (Å²) in [5.74, 6) is -0.000710. The fraction of sp³-hybridized carbons (Fsp3) is 0.600. The number of nitrogens with one attached hydrogen (secondary N) is 1. The summed E-state index contributed by atoms with van der Waals surface area (Å²) in [7, 11) is 1.24. The standard InChI is InChI=1S/C15H19F3N2O3/c1-22-12-7-13(15(16,17)18)19-8-11(12)20-14(21)5-4-10-3-2-6-23-9-10/h7-8,10H,2-6,9H2,1H3,(H,20,21)/t10-/m1/s1. The zero-order valence-corrected chi connectivity index (χ0v) is 12.8. The van der Waals surface area contributed by atoms with Gasteiger partial charge in [-0.3, -0.25) is 4.79 Å². The lowest BCUT2D eigenvalue weighted by Gasteiger charge is -2.21. The molecule has 0 saturated carbocycles. The Morgan fingerprint density at radius 3 is 2.91 bits per heavy atom. The second kappa shape index (κ2) is 7.63. The summed E-state index contributed by atoms with van der Waals surface area (Å²) in [5, 5.41) is 2.55. The number of ether oxygens (including phenoxy) is 2. The van der Waals surface area contributed by atoms with E-state index >= 15 is 0 Å². The molecule has 1 aliphatic heterocycles. The number of hydrogen-bond donors (Lipinski definition) is 1. The average molecular weight is 332 g/mol. The van der Waals surface area contributed by atoms with Crippen LogP contribution in [0.1, 0.15) is 31.4 Å². The predicted molar refractivity (Wildman–Crippen MR) is 77.2 cm³/mol. The van der Waals surface area contributed by atoms with Crippen LogP contribution in [0.5, 0.6) is 5.75 Å². The molecule has 0 radical (unpaired) electrons. The summed E-state index contributed by atoms with van der Waals surface area (Å²) >= 11 is 0. The summed E-state index contributed by atoms with van der Waals surface area (Å²) in [6, 6.07) is 0.768. The number of amides is 1. The molecule has 0 aliphatic carbocycles. The van der Waals surface area contributed by atoms with E-state index in [1.165, 1.54) is 7.11 Å². The molecule has 1 aromatic heterocycles. The molecule has 5 nitrogen and oxygen atoms in total. The molecule has 1 fully saturated rings. The van der Waals surface area contributed by atoms with E-state index < -0.39 is 11.9 Å². The number of anilines is 1. The molecule has 23 heavy (non-hydrogen) atoms. The minimum Gasteiger partial charge on any atom is -0.494 e. The number of alkyl halides is 3. The zero-order chi connectivity index (χ0) is 16.9. The van der Waals surface area contributed by atoms with Gasteiger partial charge in [0.25, 0.3) is 0 Å². The number of rotatable bonds is 5. The van der Waals surface area contributed by atoms with Crippen molar-refractivity contribution < 1.29 is 27.4 Å². The first-order valence-corrected chi connectivity index (χ1v) is 7.39. The molecule has 2 rings (SSSR count). The molecule has 1 atom stereocenters. The van der Waals surface area contributed by atoms with E-state index in [0.29, 0.717) is 18.9 Å². The highest BCUT2D eigenvalue weighted by molar-refractivity contribution is 5.92. The first-order valence-electron chi connectivity index (χ1n) is 7.39. The van der Waals surface area contributed by atoms with Crippen LogP contribution in [0, 0.1) is 5.92 Å². The summed E-state index contributed by atoms with van der Waals surface area (Å²) in [4.78, 5) is 15.3. The first kappa shape index (κ1) is 17.5. The van der Waals surface area contributed by atoms with Crippen molar-refractivity contribution >= 4 is 11.6 Å². The first-order chi connectivity index (χ1) is 10.9. The molecule has 8 heteroatoms. The molecule has 0 bridgehead atoms. The third-order valence-corrected chi connectivity index (χ3v) is 3.68. The molecule has 0 unspecified atom stereocenters. The number of nitrogens with zero attached hydrogens (tertiary/aromatic N) is 1. The molecule has 1 N–H and O–H groups in total. The highest BCUT2D eigenvalue weighted by Gasteiger charge is 2.33. The lowest BCUT2D eigenvalue weighted by Crippen LogP contribution is -2.20. The van der Waals surface area contributed by atoms with Crippen molar-refractivity contribution in [1.29, 1.82) is 0 Å². The van der Waals surface area contributed by atoms with E-state index in [9.17, 15) is 18.0 Å². The van der Waals surface area contributed by atoms with Gasteiger partial charge in [-0.25, -0.2) is 4.98 Å². The zero-order valence-electron chi connectivity index (χ0n) is 12.8. The van der Waals surface area contributed by atoms with Crippen LogP contribution in [0.2, 0.25) is 0 Å². The minimum atomic E-state index is -4.56. The molecule has 2 heterocycles. The van der Waals surface area contributed by atoms with Crippen LogP contribution in [0.15, 0.2) is 12.3 Å². The average Bonchev–Trinajstić information content (AvgIpc) is 2.53. The lowest BCUT2D eigenvalue weighted by atomic mass is 9.97. The normalized spacial score (nSPS) is 18.5. The number of pyridine rings is 1. The Labute approximate surface area is 132 Å². The fourth-order valence-electron chi connectivity index (χ4n) is 2.44. The summed E-state index contributed by atoms with van der Waals surface area (Å²) in [6.07, 6.45) is -0.623. The number of methoxy groups -OCH3 is 1. The Morgan fingerprint density at radius 1 is 1.52 bits per heavy atom. The molecule has 128 valence electrons. The van der Waals surface area contributed by atoms with E-state index in [2.05, 4.69) is 10.3 Å². The van der Waals surface area contributed by atoms with Crippen molar-refractivity contribution in [2.24, 2.45) is 5.92 Å². The van der Waals surface area contributed by atoms with Gasteiger partial charge in [0.2, 0.25) is 5.91 Å². The van der Waals surface area contributed by atoms with E-state index in [4.69, 9.17) is 9.47 Å². The van der Waals surface area contributed by atoms with Crippen molar-refractivity contribution in [3.63, 3.8) is 0 Å². The summed E-state index contributed by atoms with van der Waals surface area (Å²) in [6.45, 7) is 1.41. The van der Waals surface area contributed by atoms with Crippen LogP contribution in [-0.2, 0) is 15.7 Å². The van der Waals surface area contributed by atoms with Gasteiger partial charge in [-0.15, -0.1) is 0 Å². The third kappa shape index (κ3) is 5.09. The van der Waals surface area contributed by atoms with Crippen molar-refractivity contribution in [2.45, 2.75) is 31.9 Å². The Morgan fingerprint density at radius 2 is 2.30 bits per heavy atom. The number of hydrogen-bond acceptors (Lipinski definition) is 4. The van der Waals surface area contributed by atoms with Gasteiger partial charge in [0.1, 0.15) is 17.1 Å². The maximum absolute atomic E-state index is 12.6. The maximum atomic E-state index is 12.6. The van der Waals surface area contributed by atoms with Gasteiger partial charge in [-0.2, -0.15) is 13.2 Å². The van der Waals surface area contributed by atoms with Gasteiger partial charge in [0.05, 0.1) is 13.3 Å². The summed E-state index contributed by atoms with van der Waals surface area (Å²) in [5.41, 5.74) is -0.933. The van der Waals surface area contributed by atoms with Crippen LogP contribution >= 0.6 is 0 Å². The number of carbonyl (C=O) groups excluding carboxylic acids is 1. The highest BCUT2D eigenvalue weighted by atomic mass is 19.4. The van der Waals surface area contributed by atoms with Gasteiger partial charge >= 0.3 is 6.18 Å². The molecule has 1 aliphatic rings. The van der Waals surface area contributed by atoms with Crippen LogP contribution in [-0.4, -0.2) is 31.2 Å². The van der Waals surface area contributed by atoms with Crippen LogP contribution in [0.25, 0.3) is 0 Å². The molecule has 0 aromatic carbocycles. The van der Waals surface area contributed by atoms with Crippen molar-refractivity contribution in [1.82, 2.24) is 4.98 Å². The maximum Gasteiger partial charge on any atom is 0.433 e. The third-order valence-electron chi connectivity index (χ3n) is 3.68.